The van der Waals surface area contributed by atoms with Crippen LogP contribution in [0.1, 0.15) is 30.9 Å². The van der Waals surface area contributed by atoms with Crippen LogP contribution < -0.4 is 5.73 Å². The Hall–Kier alpha value is -0.970. The third-order valence-electron chi connectivity index (χ3n) is 4.18. The van der Waals surface area contributed by atoms with Gasteiger partial charge in [0.25, 0.3) is 0 Å². The second kappa shape index (κ2) is 7.16. The van der Waals surface area contributed by atoms with Crippen molar-refractivity contribution in [3.05, 3.63) is 35.1 Å². The average Bonchev–Trinajstić information content (AvgIpc) is 3.29. The van der Waals surface area contributed by atoms with Crippen molar-refractivity contribution in [2.24, 2.45) is 11.7 Å². The molecule has 4 heteroatoms. The van der Waals surface area contributed by atoms with Crippen LogP contribution >= 0.6 is 0 Å². The molecule has 0 aliphatic heterocycles. The fourth-order valence-electron chi connectivity index (χ4n) is 2.63. The summed E-state index contributed by atoms with van der Waals surface area (Å²) < 4.78 is 18.7. The van der Waals surface area contributed by atoms with E-state index in [1.807, 2.05) is 12.1 Å². The lowest BCUT2D eigenvalue weighted by atomic mass is 10.1. The van der Waals surface area contributed by atoms with E-state index >= 15 is 0 Å². The van der Waals surface area contributed by atoms with E-state index in [1.54, 1.807) is 7.11 Å². The van der Waals surface area contributed by atoms with Crippen LogP contribution in [-0.4, -0.2) is 31.2 Å². The predicted molar refractivity (Wildman–Crippen MR) is 78.8 cm³/mol. The molecular formula is C16H25FN2O. The Morgan fingerprint density at radius 2 is 2.20 bits per heavy atom. The highest BCUT2D eigenvalue weighted by atomic mass is 19.1. The molecule has 0 spiro atoms. The van der Waals surface area contributed by atoms with Crippen molar-refractivity contribution in [1.29, 1.82) is 0 Å². The third kappa shape index (κ3) is 4.01. The Morgan fingerprint density at radius 1 is 1.45 bits per heavy atom. The minimum atomic E-state index is -0.213. The molecule has 112 valence electrons. The van der Waals surface area contributed by atoms with Crippen molar-refractivity contribution in [2.45, 2.75) is 38.9 Å². The van der Waals surface area contributed by atoms with Gasteiger partial charge < -0.3 is 10.5 Å². The minimum absolute atomic E-state index is 0.213. The zero-order valence-corrected chi connectivity index (χ0v) is 12.4. The number of methoxy groups -OCH3 is 1. The molecule has 3 nitrogen and oxygen atoms in total. The van der Waals surface area contributed by atoms with Crippen molar-refractivity contribution >= 4 is 0 Å². The molecule has 0 amide bonds. The molecule has 1 saturated carbocycles. The number of rotatable bonds is 8. The van der Waals surface area contributed by atoms with E-state index in [9.17, 15) is 4.39 Å². The summed E-state index contributed by atoms with van der Waals surface area (Å²) in [6.07, 6.45) is 2.64. The van der Waals surface area contributed by atoms with Gasteiger partial charge >= 0.3 is 0 Å². The SMILES string of the molecule is COCCN(Cc1ccc(F)c(CN)c1)C(C)C1CC1. The molecule has 0 aromatic heterocycles. The molecule has 1 aromatic rings. The first-order valence-electron chi connectivity index (χ1n) is 7.36. The fourth-order valence-corrected chi connectivity index (χ4v) is 2.63. The summed E-state index contributed by atoms with van der Waals surface area (Å²) >= 11 is 0. The van der Waals surface area contributed by atoms with Gasteiger partial charge in [-0.15, -0.1) is 0 Å². The fraction of sp³-hybridized carbons (Fsp3) is 0.625. The number of ether oxygens (including phenoxy) is 1. The van der Waals surface area contributed by atoms with Crippen LogP contribution in [0.15, 0.2) is 18.2 Å². The summed E-state index contributed by atoms with van der Waals surface area (Å²) in [7, 11) is 1.73. The van der Waals surface area contributed by atoms with Gasteiger partial charge in [0, 0.05) is 38.3 Å². The molecule has 1 aliphatic carbocycles. The summed E-state index contributed by atoms with van der Waals surface area (Å²) in [4.78, 5) is 2.43. The molecule has 1 atom stereocenters. The maximum atomic E-state index is 13.5. The molecule has 0 heterocycles. The Balaban J connectivity index is 2.05. The van der Waals surface area contributed by atoms with E-state index in [0.717, 1.165) is 31.2 Å². The van der Waals surface area contributed by atoms with E-state index < -0.39 is 0 Å². The molecule has 0 bridgehead atoms. The number of hydrogen-bond donors (Lipinski definition) is 1. The van der Waals surface area contributed by atoms with Crippen molar-refractivity contribution in [3.63, 3.8) is 0 Å². The van der Waals surface area contributed by atoms with Gasteiger partial charge in [-0.1, -0.05) is 12.1 Å². The lowest BCUT2D eigenvalue weighted by Gasteiger charge is -2.29. The number of nitrogens with zero attached hydrogens (tertiary/aromatic N) is 1. The molecule has 1 unspecified atom stereocenters. The molecule has 2 rings (SSSR count). The third-order valence-corrected chi connectivity index (χ3v) is 4.18. The molecule has 1 fully saturated rings. The van der Waals surface area contributed by atoms with Crippen molar-refractivity contribution < 1.29 is 9.13 Å². The maximum absolute atomic E-state index is 13.5. The van der Waals surface area contributed by atoms with Crippen LogP contribution in [0.2, 0.25) is 0 Å². The van der Waals surface area contributed by atoms with Crippen LogP contribution in [0.25, 0.3) is 0 Å². The molecule has 20 heavy (non-hydrogen) atoms. The first kappa shape index (κ1) is 15.4. The largest absolute Gasteiger partial charge is 0.383 e. The Labute approximate surface area is 120 Å². The zero-order valence-electron chi connectivity index (χ0n) is 12.4. The normalized spacial score (nSPS) is 16.6. The van der Waals surface area contributed by atoms with E-state index in [2.05, 4.69) is 11.8 Å². The van der Waals surface area contributed by atoms with Crippen LogP contribution in [0.4, 0.5) is 4.39 Å². The summed E-state index contributed by atoms with van der Waals surface area (Å²) in [5.41, 5.74) is 7.29. The van der Waals surface area contributed by atoms with Gasteiger partial charge in [-0.3, -0.25) is 4.90 Å². The number of benzene rings is 1. The van der Waals surface area contributed by atoms with E-state index in [0.29, 0.717) is 11.6 Å². The van der Waals surface area contributed by atoms with Crippen molar-refractivity contribution in [1.82, 2.24) is 4.90 Å². The predicted octanol–water partition coefficient (Wildman–Crippen LogP) is 2.53. The van der Waals surface area contributed by atoms with Crippen LogP contribution in [0.5, 0.6) is 0 Å². The van der Waals surface area contributed by atoms with Crippen LogP contribution in [-0.2, 0) is 17.8 Å². The summed E-state index contributed by atoms with van der Waals surface area (Å²) in [5, 5.41) is 0. The number of halogens is 1. The van der Waals surface area contributed by atoms with E-state index in [4.69, 9.17) is 10.5 Å². The van der Waals surface area contributed by atoms with E-state index in [1.165, 1.54) is 18.9 Å². The van der Waals surface area contributed by atoms with Gasteiger partial charge in [-0.05, 0) is 37.3 Å². The second-order valence-corrected chi connectivity index (χ2v) is 5.67. The highest BCUT2D eigenvalue weighted by molar-refractivity contribution is 5.25. The Kier molecular flexibility index (Phi) is 5.52. The Morgan fingerprint density at radius 3 is 2.80 bits per heavy atom. The minimum Gasteiger partial charge on any atom is -0.383 e. The molecule has 1 aliphatic rings. The van der Waals surface area contributed by atoms with Gasteiger partial charge in [-0.25, -0.2) is 4.39 Å². The van der Waals surface area contributed by atoms with Gasteiger partial charge in [0.2, 0.25) is 0 Å². The van der Waals surface area contributed by atoms with Crippen molar-refractivity contribution in [3.8, 4) is 0 Å². The number of hydrogen-bond acceptors (Lipinski definition) is 3. The van der Waals surface area contributed by atoms with Gasteiger partial charge in [0.05, 0.1) is 6.61 Å². The van der Waals surface area contributed by atoms with Crippen molar-refractivity contribution in [2.75, 3.05) is 20.3 Å². The molecule has 0 saturated heterocycles. The quantitative estimate of drug-likeness (QED) is 0.795. The second-order valence-electron chi connectivity index (χ2n) is 5.67. The Bertz CT molecular complexity index is 434. The topological polar surface area (TPSA) is 38.5 Å². The molecule has 2 N–H and O–H groups in total. The number of nitrogens with two attached hydrogens (primary N) is 1. The summed E-state index contributed by atoms with van der Waals surface area (Å²) in [6.45, 7) is 4.98. The highest BCUT2D eigenvalue weighted by Crippen LogP contribution is 2.35. The van der Waals surface area contributed by atoms with Crippen LogP contribution in [0, 0.1) is 11.7 Å². The first-order valence-corrected chi connectivity index (χ1v) is 7.36. The van der Waals surface area contributed by atoms with Gasteiger partial charge in [0.1, 0.15) is 5.82 Å². The van der Waals surface area contributed by atoms with Crippen LogP contribution in [0.3, 0.4) is 0 Å². The lowest BCUT2D eigenvalue weighted by Crippen LogP contribution is -2.36. The monoisotopic (exact) mass is 280 g/mol. The van der Waals surface area contributed by atoms with E-state index in [-0.39, 0.29) is 12.4 Å². The smallest absolute Gasteiger partial charge is 0.127 e. The lowest BCUT2D eigenvalue weighted by molar-refractivity contribution is 0.111. The average molecular weight is 280 g/mol. The first-order chi connectivity index (χ1) is 9.65. The summed E-state index contributed by atoms with van der Waals surface area (Å²) in [6, 6.07) is 5.81. The molecule has 0 radical (unpaired) electrons. The highest BCUT2D eigenvalue weighted by Gasteiger charge is 2.31. The standard InChI is InChI=1S/C16H25FN2O/c1-12(14-4-5-14)19(7-8-20-2)11-13-3-6-16(17)15(9-13)10-18/h3,6,9,12,14H,4-5,7-8,10-11,18H2,1-2H3. The molecular weight excluding hydrogens is 255 g/mol. The maximum Gasteiger partial charge on any atom is 0.127 e. The van der Waals surface area contributed by atoms with Gasteiger partial charge in [0.15, 0.2) is 0 Å². The zero-order chi connectivity index (χ0) is 14.5. The molecule has 1 aromatic carbocycles. The van der Waals surface area contributed by atoms with Gasteiger partial charge in [-0.2, -0.15) is 0 Å². The summed E-state index contributed by atoms with van der Waals surface area (Å²) in [5.74, 6) is 0.594.